The topological polar surface area (TPSA) is 81.4 Å². The second kappa shape index (κ2) is 7.35. The fourth-order valence-electron chi connectivity index (χ4n) is 1.26. The van der Waals surface area contributed by atoms with E-state index in [9.17, 15) is 21.6 Å². The van der Waals surface area contributed by atoms with Crippen LogP contribution in [0, 0.1) is 0 Å². The summed E-state index contributed by atoms with van der Waals surface area (Å²) in [7, 11) is -3.90. The number of ether oxygens (including phenoxy) is 1. The molecule has 0 aromatic heterocycles. The van der Waals surface area contributed by atoms with Crippen LogP contribution in [0.2, 0.25) is 0 Å². The Balaban J connectivity index is 0.00000441. The Bertz CT molecular complexity index is 618. The largest absolute Gasteiger partial charge is 0.573 e. The van der Waals surface area contributed by atoms with Crippen molar-refractivity contribution in [1.29, 1.82) is 0 Å². The normalized spacial score (nSPS) is 12.7. The molecule has 0 unspecified atom stereocenters. The SMILES string of the molecule is CC(C)(N)CNS(=O)(=O)c1ccc(OC(F)(F)F)cc1Br.Cl. The fraction of sp³-hybridized carbons (Fsp3) is 0.455. The molecule has 0 aliphatic carbocycles. The Morgan fingerprint density at radius 2 is 1.86 bits per heavy atom. The molecule has 0 aliphatic heterocycles. The second-order valence-electron chi connectivity index (χ2n) is 4.95. The van der Waals surface area contributed by atoms with Crippen LogP contribution in [-0.2, 0) is 10.0 Å². The number of hydrogen-bond acceptors (Lipinski definition) is 4. The molecular weight excluding hydrogens is 413 g/mol. The Kier molecular flexibility index (Phi) is 7.16. The number of nitrogens with two attached hydrogens (primary N) is 1. The lowest BCUT2D eigenvalue weighted by Crippen LogP contribution is -2.45. The first kappa shape index (κ1) is 21.4. The molecule has 128 valence electrons. The Labute approximate surface area is 141 Å². The van der Waals surface area contributed by atoms with Gasteiger partial charge in [0.25, 0.3) is 0 Å². The highest BCUT2D eigenvalue weighted by molar-refractivity contribution is 9.10. The summed E-state index contributed by atoms with van der Waals surface area (Å²) in [5.41, 5.74) is 4.90. The first-order valence-corrected chi connectivity index (χ1v) is 7.92. The molecule has 11 heteroatoms. The monoisotopic (exact) mass is 426 g/mol. The molecule has 1 rings (SSSR count). The molecule has 0 bridgehead atoms. The van der Waals surface area contributed by atoms with Gasteiger partial charge >= 0.3 is 6.36 Å². The number of hydrogen-bond donors (Lipinski definition) is 2. The zero-order valence-corrected chi connectivity index (χ0v) is 14.8. The molecule has 1 aromatic carbocycles. The second-order valence-corrected chi connectivity index (χ2v) is 7.54. The lowest BCUT2D eigenvalue weighted by atomic mass is 10.1. The maximum absolute atomic E-state index is 12.1. The zero-order chi connectivity index (χ0) is 16.5. The van der Waals surface area contributed by atoms with E-state index in [0.29, 0.717) is 0 Å². The van der Waals surface area contributed by atoms with Gasteiger partial charge in [-0.1, -0.05) is 0 Å². The first-order valence-electron chi connectivity index (χ1n) is 5.64. The van der Waals surface area contributed by atoms with Crippen molar-refractivity contribution in [3.05, 3.63) is 22.7 Å². The summed E-state index contributed by atoms with van der Waals surface area (Å²) in [6.07, 6.45) is -4.85. The van der Waals surface area contributed by atoms with Gasteiger partial charge in [-0.3, -0.25) is 0 Å². The quantitative estimate of drug-likeness (QED) is 0.757. The zero-order valence-electron chi connectivity index (χ0n) is 11.6. The predicted octanol–water partition coefficient (Wildman–Crippen LogP) is 2.79. The summed E-state index contributed by atoms with van der Waals surface area (Å²) in [5.74, 6) is -0.521. The van der Waals surface area contributed by atoms with Crippen LogP contribution in [0.25, 0.3) is 0 Å². The van der Waals surface area contributed by atoms with E-state index in [-0.39, 0.29) is 28.3 Å². The number of alkyl halides is 3. The van der Waals surface area contributed by atoms with E-state index in [4.69, 9.17) is 5.73 Å². The summed E-state index contributed by atoms with van der Waals surface area (Å²) in [5, 5.41) is 0. The standard InChI is InChI=1S/C11H14BrF3N2O3S.ClH/c1-10(2,16)6-17-21(18,19)9-4-3-7(5-8(9)12)20-11(13,14)15;/h3-5,17H,6,16H2,1-2H3;1H. The van der Waals surface area contributed by atoms with Crippen LogP contribution in [0.1, 0.15) is 13.8 Å². The highest BCUT2D eigenvalue weighted by atomic mass is 79.9. The van der Waals surface area contributed by atoms with Gasteiger partial charge in [0.05, 0.1) is 4.90 Å². The molecule has 0 heterocycles. The minimum Gasteiger partial charge on any atom is -0.406 e. The predicted molar refractivity (Wildman–Crippen MR) is 81.5 cm³/mol. The van der Waals surface area contributed by atoms with Crippen LogP contribution < -0.4 is 15.2 Å². The number of sulfonamides is 1. The number of benzene rings is 1. The van der Waals surface area contributed by atoms with Crippen LogP contribution in [-0.4, -0.2) is 26.9 Å². The molecule has 0 aliphatic rings. The van der Waals surface area contributed by atoms with Crippen LogP contribution >= 0.6 is 28.3 Å². The summed E-state index contributed by atoms with van der Waals surface area (Å²) in [4.78, 5) is -0.207. The maximum Gasteiger partial charge on any atom is 0.573 e. The first-order chi connectivity index (χ1) is 9.30. The van der Waals surface area contributed by atoms with Crippen molar-refractivity contribution >= 4 is 38.4 Å². The van der Waals surface area contributed by atoms with Gasteiger partial charge in [0, 0.05) is 16.6 Å². The summed E-state index contributed by atoms with van der Waals surface area (Å²) >= 11 is 2.91. The third kappa shape index (κ3) is 7.14. The molecule has 3 N–H and O–H groups in total. The van der Waals surface area contributed by atoms with Crippen molar-refractivity contribution in [3.8, 4) is 5.75 Å². The minimum atomic E-state index is -4.85. The molecular formula is C11H15BrClF3N2O3S. The van der Waals surface area contributed by atoms with E-state index < -0.39 is 27.7 Å². The van der Waals surface area contributed by atoms with Crippen LogP contribution in [0.3, 0.4) is 0 Å². The van der Waals surface area contributed by atoms with E-state index in [2.05, 4.69) is 25.4 Å². The van der Waals surface area contributed by atoms with E-state index in [1.807, 2.05) is 0 Å². The van der Waals surface area contributed by atoms with Gasteiger partial charge < -0.3 is 10.5 Å². The van der Waals surface area contributed by atoms with Gasteiger partial charge in [-0.15, -0.1) is 25.6 Å². The molecule has 0 saturated carbocycles. The molecule has 0 spiro atoms. The average Bonchev–Trinajstić information content (AvgIpc) is 2.23. The fourth-order valence-corrected chi connectivity index (χ4v) is 3.53. The van der Waals surface area contributed by atoms with E-state index in [0.717, 1.165) is 18.2 Å². The van der Waals surface area contributed by atoms with Crippen molar-refractivity contribution in [2.75, 3.05) is 6.54 Å². The molecule has 0 radical (unpaired) electrons. The summed E-state index contributed by atoms with van der Waals surface area (Å²) in [6.45, 7) is 3.23. The van der Waals surface area contributed by atoms with Crippen molar-refractivity contribution in [1.82, 2.24) is 4.72 Å². The van der Waals surface area contributed by atoms with Crippen molar-refractivity contribution in [3.63, 3.8) is 0 Å². The summed E-state index contributed by atoms with van der Waals surface area (Å²) in [6, 6.07) is 2.85. The smallest absolute Gasteiger partial charge is 0.406 e. The average molecular weight is 428 g/mol. The lowest BCUT2D eigenvalue weighted by Gasteiger charge is -2.19. The molecule has 0 amide bonds. The van der Waals surface area contributed by atoms with E-state index >= 15 is 0 Å². The molecule has 0 saturated heterocycles. The highest BCUT2D eigenvalue weighted by Gasteiger charge is 2.31. The number of nitrogens with one attached hydrogen (secondary N) is 1. The number of rotatable bonds is 5. The van der Waals surface area contributed by atoms with Gasteiger partial charge in [-0.05, 0) is 48.0 Å². The van der Waals surface area contributed by atoms with Gasteiger partial charge in [0.2, 0.25) is 10.0 Å². The van der Waals surface area contributed by atoms with E-state index in [1.165, 1.54) is 0 Å². The third-order valence-corrected chi connectivity index (χ3v) is 4.52. The molecule has 1 aromatic rings. The highest BCUT2D eigenvalue weighted by Crippen LogP contribution is 2.30. The third-order valence-electron chi connectivity index (χ3n) is 2.14. The molecule has 5 nitrogen and oxygen atoms in total. The Hall–Kier alpha value is -0.550. The van der Waals surface area contributed by atoms with Crippen molar-refractivity contribution in [2.24, 2.45) is 5.73 Å². The Morgan fingerprint density at radius 1 is 1.32 bits per heavy atom. The Morgan fingerprint density at radius 3 is 2.27 bits per heavy atom. The molecule has 0 atom stereocenters. The van der Waals surface area contributed by atoms with Crippen LogP contribution in [0.4, 0.5) is 13.2 Å². The van der Waals surface area contributed by atoms with Gasteiger partial charge in [-0.2, -0.15) is 0 Å². The van der Waals surface area contributed by atoms with Gasteiger partial charge in [0.15, 0.2) is 0 Å². The van der Waals surface area contributed by atoms with E-state index in [1.54, 1.807) is 13.8 Å². The molecule has 0 fully saturated rings. The van der Waals surface area contributed by atoms with Crippen LogP contribution in [0.15, 0.2) is 27.6 Å². The van der Waals surface area contributed by atoms with Gasteiger partial charge in [-0.25, -0.2) is 13.1 Å². The van der Waals surface area contributed by atoms with Crippen molar-refractivity contribution < 1.29 is 26.3 Å². The number of halogens is 5. The minimum absolute atomic E-state index is 0. The van der Waals surface area contributed by atoms with Crippen molar-refractivity contribution in [2.45, 2.75) is 30.6 Å². The lowest BCUT2D eigenvalue weighted by molar-refractivity contribution is -0.274. The van der Waals surface area contributed by atoms with Gasteiger partial charge in [0.1, 0.15) is 5.75 Å². The maximum atomic E-state index is 12.1. The molecule has 22 heavy (non-hydrogen) atoms. The van der Waals surface area contributed by atoms with Crippen LogP contribution in [0.5, 0.6) is 5.75 Å². The summed E-state index contributed by atoms with van der Waals surface area (Å²) < 4.78 is 66.2.